The summed E-state index contributed by atoms with van der Waals surface area (Å²) in [6, 6.07) is 10.1. The van der Waals surface area contributed by atoms with E-state index in [1.54, 1.807) is 42.6 Å². The number of hydrogen-bond acceptors (Lipinski definition) is 3. The van der Waals surface area contributed by atoms with Crippen molar-refractivity contribution < 1.29 is 9.59 Å². The van der Waals surface area contributed by atoms with Gasteiger partial charge in [0.05, 0.1) is 0 Å². The van der Waals surface area contributed by atoms with Gasteiger partial charge in [0.25, 0.3) is 5.91 Å². The van der Waals surface area contributed by atoms with Gasteiger partial charge in [0.2, 0.25) is 0 Å². The Labute approximate surface area is 119 Å². The van der Waals surface area contributed by atoms with Crippen molar-refractivity contribution in [3.63, 3.8) is 0 Å². The van der Waals surface area contributed by atoms with E-state index in [1.165, 1.54) is 6.92 Å². The first kappa shape index (κ1) is 13.4. The molecule has 1 aromatic heterocycles. The summed E-state index contributed by atoms with van der Waals surface area (Å²) in [7, 11) is 0. The highest BCUT2D eigenvalue weighted by molar-refractivity contribution is 9.10. The Kier molecular flexibility index (Phi) is 4.06. The second-order valence-corrected chi connectivity index (χ2v) is 4.86. The predicted octanol–water partition coefficient (Wildman–Crippen LogP) is 3.30. The van der Waals surface area contributed by atoms with Gasteiger partial charge in [0.1, 0.15) is 5.69 Å². The Hall–Kier alpha value is -2.01. The van der Waals surface area contributed by atoms with Gasteiger partial charge in [-0.05, 0) is 59.3 Å². The molecule has 1 amide bonds. The first-order chi connectivity index (χ1) is 9.06. The van der Waals surface area contributed by atoms with Crippen molar-refractivity contribution in [3.05, 3.63) is 58.3 Å². The minimum Gasteiger partial charge on any atom is -0.321 e. The van der Waals surface area contributed by atoms with Crippen molar-refractivity contribution in [1.29, 1.82) is 0 Å². The molecule has 96 valence electrons. The molecular formula is C14H11BrN2O2. The topological polar surface area (TPSA) is 59.1 Å². The molecular weight excluding hydrogens is 308 g/mol. The number of carbonyl (C=O) groups excluding carboxylic acids is 2. The molecule has 0 unspecified atom stereocenters. The second kappa shape index (κ2) is 5.75. The van der Waals surface area contributed by atoms with Gasteiger partial charge >= 0.3 is 0 Å². The SMILES string of the molecule is CC(=O)c1ccc(NC(=O)c2ccc(Br)cn2)cc1. The number of rotatable bonds is 3. The fraction of sp³-hybridized carbons (Fsp3) is 0.0714. The van der Waals surface area contributed by atoms with Crippen LogP contribution in [0.2, 0.25) is 0 Å². The first-order valence-electron chi connectivity index (χ1n) is 5.60. The lowest BCUT2D eigenvalue weighted by molar-refractivity contribution is 0.101. The molecule has 1 N–H and O–H groups in total. The molecule has 0 saturated heterocycles. The fourth-order valence-corrected chi connectivity index (χ4v) is 1.73. The Balaban J connectivity index is 2.10. The number of Topliss-reactive ketones (excluding diaryl/α,β-unsaturated/α-hetero) is 1. The summed E-state index contributed by atoms with van der Waals surface area (Å²) in [4.78, 5) is 27.0. The summed E-state index contributed by atoms with van der Waals surface area (Å²) in [5.74, 6) is -0.296. The molecule has 0 bridgehead atoms. The largest absolute Gasteiger partial charge is 0.321 e. The number of anilines is 1. The van der Waals surface area contributed by atoms with Gasteiger partial charge in [0, 0.05) is 21.9 Å². The van der Waals surface area contributed by atoms with Crippen LogP contribution in [0.25, 0.3) is 0 Å². The molecule has 2 rings (SSSR count). The zero-order valence-corrected chi connectivity index (χ0v) is 11.8. The molecule has 0 aliphatic rings. The van der Waals surface area contributed by atoms with Gasteiger partial charge in [-0.15, -0.1) is 0 Å². The first-order valence-corrected chi connectivity index (χ1v) is 6.39. The second-order valence-electron chi connectivity index (χ2n) is 3.95. The van der Waals surface area contributed by atoms with E-state index in [9.17, 15) is 9.59 Å². The van der Waals surface area contributed by atoms with Gasteiger partial charge in [0.15, 0.2) is 5.78 Å². The lowest BCUT2D eigenvalue weighted by Crippen LogP contribution is -2.13. The van der Waals surface area contributed by atoms with Crippen LogP contribution in [0.15, 0.2) is 47.1 Å². The van der Waals surface area contributed by atoms with Crippen molar-refractivity contribution in [1.82, 2.24) is 4.98 Å². The van der Waals surface area contributed by atoms with Gasteiger partial charge in [-0.3, -0.25) is 9.59 Å². The minimum atomic E-state index is -0.289. The third-order valence-electron chi connectivity index (χ3n) is 2.51. The number of amides is 1. The number of nitrogens with one attached hydrogen (secondary N) is 1. The molecule has 4 nitrogen and oxygen atoms in total. The number of halogens is 1. The average molecular weight is 319 g/mol. The van der Waals surface area contributed by atoms with Gasteiger partial charge in [-0.25, -0.2) is 4.98 Å². The molecule has 0 atom stereocenters. The predicted molar refractivity (Wildman–Crippen MR) is 76.3 cm³/mol. The van der Waals surface area contributed by atoms with Crippen LogP contribution in [-0.2, 0) is 0 Å². The molecule has 0 aliphatic heterocycles. The van der Waals surface area contributed by atoms with E-state index in [2.05, 4.69) is 26.2 Å². The van der Waals surface area contributed by atoms with Crippen molar-refractivity contribution in [2.75, 3.05) is 5.32 Å². The van der Waals surface area contributed by atoms with Crippen LogP contribution in [-0.4, -0.2) is 16.7 Å². The molecule has 2 aromatic rings. The fourth-order valence-electron chi connectivity index (χ4n) is 1.49. The molecule has 1 heterocycles. The highest BCUT2D eigenvalue weighted by Crippen LogP contribution is 2.12. The summed E-state index contributed by atoms with van der Waals surface area (Å²) >= 11 is 3.26. The number of ketones is 1. The highest BCUT2D eigenvalue weighted by atomic mass is 79.9. The van der Waals surface area contributed by atoms with Crippen LogP contribution in [0.4, 0.5) is 5.69 Å². The zero-order chi connectivity index (χ0) is 13.8. The summed E-state index contributed by atoms with van der Waals surface area (Å²) in [5.41, 5.74) is 1.57. The smallest absolute Gasteiger partial charge is 0.274 e. The molecule has 0 spiro atoms. The van der Waals surface area contributed by atoms with E-state index < -0.39 is 0 Å². The van der Waals surface area contributed by atoms with Crippen LogP contribution in [0.3, 0.4) is 0 Å². The van der Waals surface area contributed by atoms with Crippen LogP contribution in [0, 0.1) is 0 Å². The number of aromatic nitrogens is 1. The lowest BCUT2D eigenvalue weighted by Gasteiger charge is -2.05. The van der Waals surface area contributed by atoms with E-state index in [1.807, 2.05) is 0 Å². The summed E-state index contributed by atoms with van der Waals surface area (Å²) in [5, 5.41) is 2.72. The normalized spacial score (nSPS) is 10.0. The maximum absolute atomic E-state index is 11.9. The van der Waals surface area contributed by atoms with Gasteiger partial charge in [-0.2, -0.15) is 0 Å². The molecule has 0 saturated carbocycles. The molecule has 0 fully saturated rings. The van der Waals surface area contributed by atoms with Gasteiger partial charge in [-0.1, -0.05) is 0 Å². The van der Waals surface area contributed by atoms with E-state index in [0.29, 0.717) is 16.9 Å². The maximum atomic E-state index is 11.9. The number of pyridine rings is 1. The van der Waals surface area contributed by atoms with E-state index in [4.69, 9.17) is 0 Å². The van der Waals surface area contributed by atoms with E-state index in [0.717, 1.165) is 4.47 Å². The number of nitrogens with zero attached hydrogens (tertiary/aromatic N) is 1. The Morgan fingerprint density at radius 3 is 2.32 bits per heavy atom. The van der Waals surface area contributed by atoms with Crippen molar-refractivity contribution in [2.45, 2.75) is 6.92 Å². The third-order valence-corrected chi connectivity index (χ3v) is 2.98. The standard InChI is InChI=1S/C14H11BrN2O2/c1-9(18)10-2-5-12(6-3-10)17-14(19)13-7-4-11(15)8-16-13/h2-8H,1H3,(H,17,19). The molecule has 1 aromatic carbocycles. The van der Waals surface area contributed by atoms with Crippen LogP contribution < -0.4 is 5.32 Å². The van der Waals surface area contributed by atoms with Crippen molar-refractivity contribution in [3.8, 4) is 0 Å². The summed E-state index contributed by atoms with van der Waals surface area (Å²) < 4.78 is 0.815. The minimum absolute atomic E-state index is 0.00699. The van der Waals surface area contributed by atoms with E-state index >= 15 is 0 Å². The quantitative estimate of drug-likeness (QED) is 0.883. The summed E-state index contributed by atoms with van der Waals surface area (Å²) in [6.07, 6.45) is 1.56. The van der Waals surface area contributed by atoms with Crippen LogP contribution >= 0.6 is 15.9 Å². The Bertz CT molecular complexity index is 606. The van der Waals surface area contributed by atoms with E-state index in [-0.39, 0.29) is 11.7 Å². The average Bonchev–Trinajstić information content (AvgIpc) is 2.40. The monoisotopic (exact) mass is 318 g/mol. The van der Waals surface area contributed by atoms with Crippen LogP contribution in [0.5, 0.6) is 0 Å². The van der Waals surface area contributed by atoms with Crippen LogP contribution in [0.1, 0.15) is 27.8 Å². The molecule has 0 aliphatic carbocycles. The third kappa shape index (κ3) is 3.48. The molecule has 0 radical (unpaired) electrons. The molecule has 19 heavy (non-hydrogen) atoms. The lowest BCUT2D eigenvalue weighted by atomic mass is 10.1. The van der Waals surface area contributed by atoms with Crippen molar-refractivity contribution >= 4 is 33.3 Å². The Morgan fingerprint density at radius 2 is 1.79 bits per heavy atom. The number of carbonyl (C=O) groups is 2. The zero-order valence-electron chi connectivity index (χ0n) is 10.2. The highest BCUT2D eigenvalue weighted by Gasteiger charge is 2.07. The molecule has 5 heteroatoms. The maximum Gasteiger partial charge on any atom is 0.274 e. The number of benzene rings is 1. The van der Waals surface area contributed by atoms with Crippen molar-refractivity contribution in [2.24, 2.45) is 0 Å². The Morgan fingerprint density at radius 1 is 1.11 bits per heavy atom. The van der Waals surface area contributed by atoms with Gasteiger partial charge < -0.3 is 5.32 Å². The summed E-state index contributed by atoms with van der Waals surface area (Å²) in [6.45, 7) is 1.50. The number of hydrogen-bond donors (Lipinski definition) is 1.